The first kappa shape index (κ1) is 12.4. The van der Waals surface area contributed by atoms with Crippen molar-refractivity contribution in [2.24, 2.45) is 0 Å². The second-order valence-corrected chi connectivity index (χ2v) is 3.34. The summed E-state index contributed by atoms with van der Waals surface area (Å²) in [6, 6.07) is 6.93. The van der Waals surface area contributed by atoms with Crippen LogP contribution in [0.5, 0.6) is 5.75 Å². The van der Waals surface area contributed by atoms with Crippen molar-refractivity contribution in [3.8, 4) is 5.75 Å². The first-order chi connectivity index (χ1) is 7.67. The van der Waals surface area contributed by atoms with E-state index in [-0.39, 0.29) is 5.97 Å². The highest BCUT2D eigenvalue weighted by atomic mass is 16.6. The molecule has 0 aromatic heterocycles. The van der Waals surface area contributed by atoms with E-state index in [9.17, 15) is 4.79 Å². The number of carbonyl (C=O) groups is 1. The molecule has 0 bridgehead atoms. The Morgan fingerprint density at radius 1 is 1.31 bits per heavy atom. The smallest absolute Gasteiger partial charge is 0.347 e. The van der Waals surface area contributed by atoms with Gasteiger partial charge >= 0.3 is 5.97 Å². The van der Waals surface area contributed by atoms with E-state index in [1.54, 1.807) is 31.2 Å². The molecule has 0 amide bonds. The minimum Gasteiger partial charge on any atom is -0.479 e. The number of nitrogen functional groups attached to an aromatic ring is 1. The van der Waals surface area contributed by atoms with Crippen molar-refractivity contribution < 1.29 is 14.3 Å². The zero-order valence-electron chi connectivity index (χ0n) is 9.60. The number of hydrogen-bond donors (Lipinski definition) is 1. The Kier molecular flexibility index (Phi) is 4.64. The van der Waals surface area contributed by atoms with Crippen LogP contribution >= 0.6 is 0 Å². The number of benzene rings is 1. The van der Waals surface area contributed by atoms with Gasteiger partial charge in [0.15, 0.2) is 6.10 Å². The van der Waals surface area contributed by atoms with Crippen LogP contribution in [0.4, 0.5) is 5.69 Å². The molecule has 2 N–H and O–H groups in total. The fourth-order valence-electron chi connectivity index (χ4n) is 1.24. The van der Waals surface area contributed by atoms with Crippen LogP contribution in [-0.2, 0) is 9.53 Å². The Labute approximate surface area is 95.3 Å². The van der Waals surface area contributed by atoms with Gasteiger partial charge in [0.05, 0.1) is 6.61 Å². The molecule has 1 aromatic carbocycles. The van der Waals surface area contributed by atoms with Gasteiger partial charge in [-0.2, -0.15) is 0 Å². The van der Waals surface area contributed by atoms with E-state index in [0.717, 1.165) is 0 Å². The van der Waals surface area contributed by atoms with E-state index in [0.29, 0.717) is 24.5 Å². The van der Waals surface area contributed by atoms with E-state index in [1.807, 2.05) is 6.92 Å². The van der Waals surface area contributed by atoms with E-state index >= 15 is 0 Å². The Morgan fingerprint density at radius 2 is 1.94 bits per heavy atom. The molecule has 1 aromatic rings. The van der Waals surface area contributed by atoms with Gasteiger partial charge in [0, 0.05) is 5.69 Å². The number of hydrogen-bond acceptors (Lipinski definition) is 4. The van der Waals surface area contributed by atoms with Crippen molar-refractivity contribution in [3.05, 3.63) is 24.3 Å². The number of nitrogens with two attached hydrogens (primary N) is 1. The maximum absolute atomic E-state index is 11.5. The third kappa shape index (κ3) is 3.46. The van der Waals surface area contributed by atoms with Crippen LogP contribution in [0.25, 0.3) is 0 Å². The standard InChI is InChI=1S/C12H17NO3/c1-3-11(12(14)15-4-2)16-10-7-5-9(13)6-8-10/h5-8,11H,3-4,13H2,1-2H3/t11-/m1/s1. The van der Waals surface area contributed by atoms with Crippen LogP contribution in [-0.4, -0.2) is 18.7 Å². The fraction of sp³-hybridized carbons (Fsp3) is 0.417. The molecule has 0 heterocycles. The molecule has 0 unspecified atom stereocenters. The summed E-state index contributed by atoms with van der Waals surface area (Å²) in [7, 11) is 0. The molecule has 16 heavy (non-hydrogen) atoms. The van der Waals surface area contributed by atoms with E-state index < -0.39 is 6.10 Å². The monoisotopic (exact) mass is 223 g/mol. The molecular weight excluding hydrogens is 206 g/mol. The molecule has 0 aliphatic carbocycles. The molecule has 0 fully saturated rings. The summed E-state index contributed by atoms with van der Waals surface area (Å²) < 4.78 is 10.4. The number of carbonyl (C=O) groups excluding carboxylic acids is 1. The molecule has 0 saturated carbocycles. The highest BCUT2D eigenvalue weighted by Gasteiger charge is 2.19. The predicted molar refractivity (Wildman–Crippen MR) is 62.2 cm³/mol. The average Bonchev–Trinajstić information content (AvgIpc) is 2.28. The minimum atomic E-state index is -0.552. The van der Waals surface area contributed by atoms with Crippen molar-refractivity contribution in [2.75, 3.05) is 12.3 Å². The maximum Gasteiger partial charge on any atom is 0.347 e. The molecule has 0 radical (unpaired) electrons. The molecule has 0 spiro atoms. The van der Waals surface area contributed by atoms with Gasteiger partial charge in [-0.15, -0.1) is 0 Å². The molecule has 0 aliphatic rings. The van der Waals surface area contributed by atoms with Gasteiger partial charge in [-0.1, -0.05) is 6.92 Å². The van der Waals surface area contributed by atoms with Crippen LogP contribution in [0.1, 0.15) is 20.3 Å². The Hall–Kier alpha value is -1.71. The van der Waals surface area contributed by atoms with Crippen LogP contribution < -0.4 is 10.5 Å². The summed E-state index contributed by atoms with van der Waals surface area (Å²) in [6.07, 6.45) is 0.0204. The first-order valence-electron chi connectivity index (χ1n) is 5.36. The van der Waals surface area contributed by atoms with Crippen molar-refractivity contribution in [2.45, 2.75) is 26.4 Å². The van der Waals surface area contributed by atoms with Crippen LogP contribution in [0.3, 0.4) is 0 Å². The topological polar surface area (TPSA) is 61.5 Å². The van der Waals surface area contributed by atoms with Gasteiger partial charge < -0.3 is 15.2 Å². The molecule has 4 nitrogen and oxygen atoms in total. The second-order valence-electron chi connectivity index (χ2n) is 3.34. The van der Waals surface area contributed by atoms with Crippen molar-refractivity contribution >= 4 is 11.7 Å². The molecule has 1 rings (SSSR count). The Morgan fingerprint density at radius 3 is 2.44 bits per heavy atom. The van der Waals surface area contributed by atoms with Gasteiger partial charge in [-0.05, 0) is 37.6 Å². The van der Waals surface area contributed by atoms with E-state index in [4.69, 9.17) is 15.2 Å². The number of rotatable bonds is 5. The Balaban J connectivity index is 2.62. The molecule has 88 valence electrons. The van der Waals surface area contributed by atoms with Gasteiger partial charge in [-0.3, -0.25) is 0 Å². The second kappa shape index (κ2) is 6.00. The van der Waals surface area contributed by atoms with Gasteiger partial charge in [0.25, 0.3) is 0 Å². The zero-order chi connectivity index (χ0) is 12.0. The number of anilines is 1. The molecule has 0 aliphatic heterocycles. The highest BCUT2D eigenvalue weighted by Crippen LogP contribution is 2.16. The van der Waals surface area contributed by atoms with Gasteiger partial charge in [0.1, 0.15) is 5.75 Å². The lowest BCUT2D eigenvalue weighted by atomic mass is 10.2. The maximum atomic E-state index is 11.5. The first-order valence-corrected chi connectivity index (χ1v) is 5.36. The molecule has 1 atom stereocenters. The average molecular weight is 223 g/mol. The summed E-state index contributed by atoms with van der Waals surface area (Å²) in [5.41, 5.74) is 6.21. The van der Waals surface area contributed by atoms with Crippen molar-refractivity contribution in [3.63, 3.8) is 0 Å². The van der Waals surface area contributed by atoms with E-state index in [2.05, 4.69) is 0 Å². The number of ether oxygens (including phenoxy) is 2. The molecular formula is C12H17NO3. The van der Waals surface area contributed by atoms with Crippen LogP contribution in [0.2, 0.25) is 0 Å². The molecule has 4 heteroatoms. The van der Waals surface area contributed by atoms with Gasteiger partial charge in [-0.25, -0.2) is 4.79 Å². The largest absolute Gasteiger partial charge is 0.479 e. The van der Waals surface area contributed by atoms with Gasteiger partial charge in [0.2, 0.25) is 0 Å². The normalized spacial score (nSPS) is 11.9. The SMILES string of the molecule is CCOC(=O)[C@@H](CC)Oc1ccc(N)cc1. The quantitative estimate of drug-likeness (QED) is 0.612. The predicted octanol–water partition coefficient (Wildman–Crippen LogP) is 1.99. The third-order valence-corrected chi connectivity index (χ3v) is 2.08. The summed E-state index contributed by atoms with van der Waals surface area (Å²) in [4.78, 5) is 11.5. The lowest BCUT2D eigenvalue weighted by Crippen LogP contribution is -2.28. The third-order valence-electron chi connectivity index (χ3n) is 2.08. The lowest BCUT2D eigenvalue weighted by molar-refractivity contribution is -0.151. The summed E-state index contributed by atoms with van der Waals surface area (Å²) in [6.45, 7) is 4.01. The summed E-state index contributed by atoms with van der Waals surface area (Å²) in [5.74, 6) is 0.288. The summed E-state index contributed by atoms with van der Waals surface area (Å²) >= 11 is 0. The van der Waals surface area contributed by atoms with Crippen molar-refractivity contribution in [1.82, 2.24) is 0 Å². The lowest BCUT2D eigenvalue weighted by Gasteiger charge is -2.15. The van der Waals surface area contributed by atoms with Crippen LogP contribution in [0.15, 0.2) is 24.3 Å². The minimum absolute atomic E-state index is 0.332. The molecule has 0 saturated heterocycles. The number of esters is 1. The zero-order valence-corrected chi connectivity index (χ0v) is 9.60. The summed E-state index contributed by atoms with van der Waals surface area (Å²) in [5, 5.41) is 0. The van der Waals surface area contributed by atoms with Crippen molar-refractivity contribution in [1.29, 1.82) is 0 Å². The van der Waals surface area contributed by atoms with Crippen LogP contribution in [0, 0.1) is 0 Å². The van der Waals surface area contributed by atoms with E-state index in [1.165, 1.54) is 0 Å². The Bertz CT molecular complexity index is 335. The highest BCUT2D eigenvalue weighted by molar-refractivity contribution is 5.75. The fourth-order valence-corrected chi connectivity index (χ4v) is 1.24.